The molecule has 2 aromatic rings. The van der Waals surface area contributed by atoms with E-state index in [0.717, 1.165) is 44.3 Å². The predicted molar refractivity (Wildman–Crippen MR) is 388 cm³/mol. The third-order valence-corrected chi connectivity index (χ3v) is 19.0. The quantitative estimate of drug-likeness (QED) is 0.0330. The first-order chi connectivity index (χ1) is 50.7. The molecule has 30 heteroatoms. The van der Waals surface area contributed by atoms with Crippen molar-refractivity contribution in [2.75, 3.05) is 185 Å². The topological polar surface area (TPSA) is 350 Å². The number of rotatable bonds is 47. The molecule has 7 amide bonds. The van der Waals surface area contributed by atoms with Gasteiger partial charge in [-0.15, -0.1) is 0 Å². The van der Waals surface area contributed by atoms with Crippen LogP contribution in [0.2, 0.25) is 0 Å². The van der Waals surface area contributed by atoms with Crippen molar-refractivity contribution >= 4 is 80.6 Å². The normalized spacial score (nSPS) is 17.3. The fourth-order valence-electron chi connectivity index (χ4n) is 13.0. The summed E-state index contributed by atoms with van der Waals surface area (Å²) in [5.74, 6) is -3.97. The number of amides is 7. The SMILES string of the molecule is CCC1=C(C)c2cc3nc(cc4[nH]c(c5c6[nH]c(cc1n2)c(C)c6C(=O)N(CCN1CCOCC1)C5=O)[C@@H](CCC(=O)OC)[C@@H]4C)C(C)=C3C(C)OCCOCCNC(=O)[C@H](C)NC(=O)[C@@H](NC(=O)CCOCCOCCOCCOCCOCCOCCOCCOCCN1C(=O)C=CC1=O)C(C)C. The fraction of sp³-hybridized carbons (Fsp3) is 0.627. The lowest BCUT2D eigenvalue weighted by Gasteiger charge is -2.31. The summed E-state index contributed by atoms with van der Waals surface area (Å²) in [6.45, 7) is 27.0. The first-order valence-electron chi connectivity index (χ1n) is 36.7. The van der Waals surface area contributed by atoms with E-state index in [4.69, 9.17) is 66.8 Å². The van der Waals surface area contributed by atoms with E-state index in [2.05, 4.69) is 44.7 Å². The summed E-state index contributed by atoms with van der Waals surface area (Å²) in [6, 6.07) is 4.16. The monoisotopic (exact) mass is 1470 g/mol. The van der Waals surface area contributed by atoms with Crippen molar-refractivity contribution in [1.82, 2.24) is 50.6 Å². The highest BCUT2D eigenvalue weighted by molar-refractivity contribution is 6.23. The van der Waals surface area contributed by atoms with Gasteiger partial charge < -0.3 is 82.8 Å². The molecule has 0 aliphatic carbocycles. The van der Waals surface area contributed by atoms with Crippen LogP contribution in [0.5, 0.6) is 0 Å². The Balaban J connectivity index is 0.726. The van der Waals surface area contributed by atoms with Crippen molar-refractivity contribution in [1.29, 1.82) is 0 Å². The van der Waals surface area contributed by atoms with E-state index in [0.29, 0.717) is 176 Å². The molecule has 1 fully saturated rings. The maximum Gasteiger partial charge on any atom is 0.305 e. The number of esters is 1. The Morgan fingerprint density at radius 3 is 1.74 bits per heavy atom. The number of H-pyrrole nitrogens is 2. The van der Waals surface area contributed by atoms with Crippen molar-refractivity contribution in [2.45, 2.75) is 118 Å². The molecular weight excluding hydrogens is 1360 g/mol. The van der Waals surface area contributed by atoms with Crippen LogP contribution in [0.25, 0.3) is 33.3 Å². The molecule has 0 radical (unpaired) electrons. The molecule has 2 aromatic heterocycles. The Labute approximate surface area is 614 Å². The molecule has 1 unspecified atom stereocenters. The number of aryl methyl sites for hydroxylation is 1. The third-order valence-electron chi connectivity index (χ3n) is 19.0. The average molecular weight is 1470 g/mol. The van der Waals surface area contributed by atoms with Gasteiger partial charge in [-0.05, 0) is 93.9 Å². The standard InChI is InChI=1S/C75H108N10O20/c1-11-54-48(4)56-46-61-66(50(6)58(79-61)44-57-49(5)55(12-15-65(89)94-10)70(80-57)68-71-67(51(7)59(81-71)45-60(54)78-56)74(92)85(75(68)93)19-18-83-20-25-97-26-21-83)53(9)105-43-42-96-24-17-76-72(90)52(8)77-73(91)69(47(2)3)82-62(86)16-23-95-28-30-99-32-34-101-36-38-103-40-41-104-39-37-102-35-33-100-31-29-98-27-22-84-63(87)13-14-64(84)88/h13-14,44-47,49,52-53,55,69,80-81H,11-12,15-43H2,1-10H3,(H,76,90)(H,77,91)(H,82,86)/t49-,52-,53?,55-,69-/m0/s1. The van der Waals surface area contributed by atoms with Crippen LogP contribution in [0.1, 0.15) is 153 Å². The van der Waals surface area contributed by atoms with Gasteiger partial charge in [0.1, 0.15) is 12.1 Å². The van der Waals surface area contributed by atoms with Crippen molar-refractivity contribution in [3.63, 3.8) is 0 Å². The highest BCUT2D eigenvalue weighted by Crippen LogP contribution is 2.45. The van der Waals surface area contributed by atoms with Gasteiger partial charge in [-0.2, -0.15) is 0 Å². The number of nitrogens with one attached hydrogen (secondary N) is 5. The summed E-state index contributed by atoms with van der Waals surface area (Å²) >= 11 is 0. The Hall–Kier alpha value is -7.72. The Kier molecular flexibility index (Phi) is 33.6. The average Bonchev–Trinajstić information content (AvgIpc) is 1.59. The van der Waals surface area contributed by atoms with Crippen LogP contribution in [-0.2, 0) is 85.6 Å². The van der Waals surface area contributed by atoms with Crippen molar-refractivity contribution < 1.29 is 95.2 Å². The van der Waals surface area contributed by atoms with Gasteiger partial charge in [0.05, 0.1) is 198 Å². The molecule has 105 heavy (non-hydrogen) atoms. The Bertz CT molecular complexity index is 3620. The van der Waals surface area contributed by atoms with Crippen molar-refractivity contribution in [3.05, 3.63) is 81.2 Å². The van der Waals surface area contributed by atoms with Gasteiger partial charge in [-0.1, -0.05) is 27.7 Å². The number of morpholine rings is 1. The number of aromatic amines is 2. The smallest absolute Gasteiger partial charge is 0.305 e. The molecule has 6 aliphatic rings. The number of ether oxygens (including phenoxy) is 12. The molecule has 8 heterocycles. The number of hydrogen-bond donors (Lipinski definition) is 5. The molecule has 5 N–H and O–H groups in total. The summed E-state index contributed by atoms with van der Waals surface area (Å²) in [6.07, 6.45) is 3.18. The second-order valence-corrected chi connectivity index (χ2v) is 26.4. The Morgan fingerprint density at radius 1 is 0.600 bits per heavy atom. The van der Waals surface area contributed by atoms with Crippen LogP contribution in [0.3, 0.4) is 0 Å². The minimum absolute atomic E-state index is 0.0174. The minimum atomic E-state index is -0.908. The molecule has 1 saturated heterocycles. The summed E-state index contributed by atoms with van der Waals surface area (Å²) in [7, 11) is 1.36. The summed E-state index contributed by atoms with van der Waals surface area (Å²) in [5, 5.41) is 8.31. The maximum absolute atomic E-state index is 15.2. The van der Waals surface area contributed by atoms with Crippen LogP contribution in [-0.4, -0.2) is 285 Å². The van der Waals surface area contributed by atoms with E-state index in [1.165, 1.54) is 24.2 Å². The van der Waals surface area contributed by atoms with Crippen LogP contribution < -0.4 is 16.0 Å². The highest BCUT2D eigenvalue weighted by Gasteiger charge is 2.41. The molecule has 0 spiro atoms. The lowest BCUT2D eigenvalue weighted by molar-refractivity contribution is -0.141. The number of allylic oxidation sites excluding steroid dienone is 3. The van der Waals surface area contributed by atoms with Crippen LogP contribution in [0, 0.1) is 12.8 Å². The minimum Gasteiger partial charge on any atom is -0.469 e. The molecular formula is C75H108N10O20. The van der Waals surface area contributed by atoms with Gasteiger partial charge in [0.15, 0.2) is 0 Å². The third kappa shape index (κ3) is 23.6. The molecule has 30 nitrogen and oxygen atoms in total. The first-order valence-corrected chi connectivity index (χ1v) is 36.7. The molecule has 8 rings (SSSR count). The second-order valence-electron chi connectivity index (χ2n) is 26.4. The van der Waals surface area contributed by atoms with Gasteiger partial charge in [0.25, 0.3) is 23.6 Å². The summed E-state index contributed by atoms with van der Waals surface area (Å²) in [5.41, 5.74) is 10.5. The Morgan fingerprint density at radius 2 is 1.15 bits per heavy atom. The molecule has 6 aliphatic heterocycles. The largest absolute Gasteiger partial charge is 0.469 e. The van der Waals surface area contributed by atoms with Crippen LogP contribution in [0.4, 0.5) is 0 Å². The summed E-state index contributed by atoms with van der Waals surface area (Å²) in [4.78, 5) is 128. The van der Waals surface area contributed by atoms with E-state index >= 15 is 4.79 Å². The highest BCUT2D eigenvalue weighted by atomic mass is 16.6. The fourth-order valence-corrected chi connectivity index (χ4v) is 13.0. The number of methoxy groups -OCH3 is 1. The van der Waals surface area contributed by atoms with Gasteiger partial charge in [-0.25, -0.2) is 9.97 Å². The van der Waals surface area contributed by atoms with Crippen molar-refractivity contribution in [3.8, 4) is 0 Å². The zero-order valence-electron chi connectivity index (χ0n) is 62.7. The number of carbonyl (C=O) groups excluding carboxylic acids is 8. The molecule has 8 bridgehead atoms. The van der Waals surface area contributed by atoms with E-state index in [1.807, 2.05) is 45.9 Å². The van der Waals surface area contributed by atoms with E-state index in [9.17, 15) is 33.6 Å². The molecule has 0 aromatic carbocycles. The van der Waals surface area contributed by atoms with E-state index in [-0.39, 0.29) is 119 Å². The molecule has 0 saturated carbocycles. The maximum atomic E-state index is 15.2. The van der Waals surface area contributed by atoms with Gasteiger partial charge in [-0.3, -0.25) is 53.1 Å². The number of fused-ring (bicyclic) bond motifs is 8. The second kappa shape index (κ2) is 42.6. The lowest BCUT2D eigenvalue weighted by atomic mass is 9.84. The number of carbonyl (C=O) groups is 8. The van der Waals surface area contributed by atoms with Crippen LogP contribution in [0.15, 0.2) is 30.4 Å². The first kappa shape index (κ1) is 82.9. The number of aromatic nitrogens is 4. The lowest BCUT2D eigenvalue weighted by Crippen LogP contribution is -2.54. The van der Waals surface area contributed by atoms with E-state index < -0.39 is 35.9 Å². The van der Waals surface area contributed by atoms with Gasteiger partial charge in [0, 0.05) is 92.0 Å². The number of imide groups is 2. The van der Waals surface area contributed by atoms with Gasteiger partial charge in [0.2, 0.25) is 17.7 Å². The zero-order valence-corrected chi connectivity index (χ0v) is 62.7. The van der Waals surface area contributed by atoms with Crippen molar-refractivity contribution in [2.24, 2.45) is 5.92 Å². The molecule has 5 atom stereocenters. The van der Waals surface area contributed by atoms with E-state index in [1.54, 1.807) is 20.8 Å². The molecule has 578 valence electrons. The predicted octanol–water partition coefficient (Wildman–Crippen LogP) is 5.02. The number of nitrogens with zero attached hydrogens (tertiary/aromatic N) is 5. The van der Waals surface area contributed by atoms with Crippen LogP contribution >= 0.6 is 0 Å². The number of hydrogen-bond acceptors (Lipinski definition) is 23. The van der Waals surface area contributed by atoms with Gasteiger partial charge >= 0.3 is 5.97 Å². The zero-order chi connectivity index (χ0) is 75.4. The summed E-state index contributed by atoms with van der Waals surface area (Å²) < 4.78 is 67.1.